The molecule has 0 bridgehead atoms. The summed E-state index contributed by atoms with van der Waals surface area (Å²) in [7, 11) is 1.85. The third kappa shape index (κ3) is 3.46. The van der Waals surface area contributed by atoms with E-state index in [2.05, 4.69) is 45.1 Å². The van der Waals surface area contributed by atoms with Gasteiger partial charge in [0.15, 0.2) is 0 Å². The number of aromatic nitrogens is 2. The summed E-state index contributed by atoms with van der Waals surface area (Å²) in [6.45, 7) is 4.34. The van der Waals surface area contributed by atoms with Gasteiger partial charge in [0.05, 0.1) is 10.2 Å². The molecule has 1 heterocycles. The van der Waals surface area contributed by atoms with Crippen LogP contribution < -0.4 is 5.32 Å². The normalized spacial score (nSPS) is 10.6. The average molecular weight is 276 g/mol. The summed E-state index contributed by atoms with van der Waals surface area (Å²) in [5.41, 5.74) is 0. The number of rotatable bonds is 4. The van der Waals surface area contributed by atoms with Crippen LogP contribution in [0.25, 0.3) is 0 Å². The number of nitrogens with zero attached hydrogens (tertiary/aromatic N) is 2. The van der Waals surface area contributed by atoms with Crippen LogP contribution in [0.15, 0.2) is 10.7 Å². The maximum Gasteiger partial charge on any atom is 0.143 e. The molecule has 3 nitrogen and oxygen atoms in total. The Hall–Kier alpha value is -0.290. The fourth-order valence-corrected chi connectivity index (χ4v) is 1.90. The van der Waals surface area contributed by atoms with E-state index in [-0.39, 0.29) is 0 Å². The first kappa shape index (κ1) is 11.8. The molecule has 14 heavy (non-hydrogen) atoms. The molecule has 0 unspecified atom stereocenters. The Morgan fingerprint density at radius 1 is 1.57 bits per heavy atom. The zero-order chi connectivity index (χ0) is 10.6. The van der Waals surface area contributed by atoms with Crippen LogP contribution >= 0.6 is 27.7 Å². The van der Waals surface area contributed by atoms with E-state index in [4.69, 9.17) is 0 Å². The Kier molecular flexibility index (Phi) is 4.68. The van der Waals surface area contributed by atoms with Crippen molar-refractivity contribution in [2.24, 2.45) is 0 Å². The van der Waals surface area contributed by atoms with Gasteiger partial charge in [-0.1, -0.05) is 13.8 Å². The van der Waals surface area contributed by atoms with Gasteiger partial charge in [0.25, 0.3) is 0 Å². The lowest BCUT2D eigenvalue weighted by molar-refractivity contribution is 1.01. The Balaban J connectivity index is 2.69. The number of hydrogen-bond donors (Lipinski definition) is 1. The molecule has 0 aliphatic carbocycles. The molecular formula is C9H14BrN3S. The van der Waals surface area contributed by atoms with Crippen LogP contribution in [-0.4, -0.2) is 22.3 Å². The van der Waals surface area contributed by atoms with Crippen LogP contribution in [0.1, 0.15) is 19.7 Å². The van der Waals surface area contributed by atoms with Crippen molar-refractivity contribution >= 4 is 33.5 Å². The first-order chi connectivity index (χ1) is 6.63. The van der Waals surface area contributed by atoms with Gasteiger partial charge in [-0.3, -0.25) is 0 Å². The van der Waals surface area contributed by atoms with E-state index in [0.717, 1.165) is 21.9 Å². The summed E-state index contributed by atoms with van der Waals surface area (Å²) in [6.07, 6.45) is 1.79. The van der Waals surface area contributed by atoms with Crippen LogP contribution in [0.3, 0.4) is 0 Å². The maximum absolute atomic E-state index is 4.37. The van der Waals surface area contributed by atoms with Crippen molar-refractivity contribution in [3.05, 3.63) is 16.5 Å². The molecule has 0 saturated heterocycles. The molecule has 1 N–H and O–H groups in total. The van der Waals surface area contributed by atoms with Gasteiger partial charge < -0.3 is 5.32 Å². The van der Waals surface area contributed by atoms with E-state index in [9.17, 15) is 0 Å². The van der Waals surface area contributed by atoms with E-state index in [1.807, 2.05) is 18.8 Å². The summed E-state index contributed by atoms with van der Waals surface area (Å²) >= 11 is 5.22. The summed E-state index contributed by atoms with van der Waals surface area (Å²) in [6, 6.07) is 0. The number of hydrogen-bond acceptors (Lipinski definition) is 4. The van der Waals surface area contributed by atoms with Crippen molar-refractivity contribution in [1.29, 1.82) is 0 Å². The highest BCUT2D eigenvalue weighted by molar-refractivity contribution is 9.10. The quantitative estimate of drug-likeness (QED) is 0.917. The molecule has 0 aromatic carbocycles. The minimum absolute atomic E-state index is 0.611. The summed E-state index contributed by atoms with van der Waals surface area (Å²) in [5.74, 6) is 2.58. The second-order valence-corrected chi connectivity index (χ2v) is 5.51. The Bertz CT molecular complexity index is 304. The summed E-state index contributed by atoms with van der Waals surface area (Å²) < 4.78 is 0.901. The Morgan fingerprint density at radius 2 is 2.29 bits per heavy atom. The third-order valence-corrected chi connectivity index (χ3v) is 3.25. The van der Waals surface area contributed by atoms with Crippen molar-refractivity contribution in [1.82, 2.24) is 9.97 Å². The second-order valence-electron chi connectivity index (χ2n) is 3.09. The van der Waals surface area contributed by atoms with Gasteiger partial charge in [-0.05, 0) is 21.2 Å². The highest BCUT2D eigenvalue weighted by Crippen LogP contribution is 2.20. The molecule has 1 rings (SSSR count). The van der Waals surface area contributed by atoms with Gasteiger partial charge in [-0.25, -0.2) is 9.97 Å². The number of halogens is 1. The first-order valence-corrected chi connectivity index (χ1v) is 6.28. The smallest absolute Gasteiger partial charge is 0.143 e. The van der Waals surface area contributed by atoms with Crippen molar-refractivity contribution in [3.8, 4) is 0 Å². The van der Waals surface area contributed by atoms with Crippen LogP contribution in [0.5, 0.6) is 0 Å². The highest BCUT2D eigenvalue weighted by atomic mass is 79.9. The van der Waals surface area contributed by atoms with Crippen molar-refractivity contribution in [3.63, 3.8) is 0 Å². The fourth-order valence-electron chi connectivity index (χ4n) is 0.890. The summed E-state index contributed by atoms with van der Waals surface area (Å²) in [4.78, 5) is 8.61. The monoisotopic (exact) mass is 275 g/mol. The molecule has 0 atom stereocenters. The second kappa shape index (κ2) is 5.56. The molecule has 0 radical (unpaired) electrons. The molecule has 1 aromatic rings. The van der Waals surface area contributed by atoms with Crippen molar-refractivity contribution in [2.75, 3.05) is 12.4 Å². The lowest BCUT2D eigenvalue weighted by Gasteiger charge is -2.06. The minimum Gasteiger partial charge on any atom is -0.372 e. The van der Waals surface area contributed by atoms with E-state index in [1.165, 1.54) is 0 Å². The van der Waals surface area contributed by atoms with E-state index >= 15 is 0 Å². The standard InChI is InChI=1S/C9H14BrN3S/c1-6(2)14-5-8-12-4-7(10)9(11-3)13-8/h4,6H,5H2,1-3H3,(H,11,12,13). The molecule has 0 fully saturated rings. The van der Waals surface area contributed by atoms with Gasteiger partial charge >= 0.3 is 0 Å². The molecule has 0 amide bonds. The molecule has 0 aliphatic rings. The molecule has 5 heteroatoms. The average Bonchev–Trinajstić information content (AvgIpc) is 2.16. The van der Waals surface area contributed by atoms with Crippen LogP contribution in [-0.2, 0) is 5.75 Å². The van der Waals surface area contributed by atoms with Gasteiger partial charge in [0.2, 0.25) is 0 Å². The van der Waals surface area contributed by atoms with Crippen molar-refractivity contribution in [2.45, 2.75) is 24.9 Å². The predicted octanol–water partition coefficient (Wildman–Crippen LogP) is 2.92. The lowest BCUT2D eigenvalue weighted by atomic mass is 10.5. The fraction of sp³-hybridized carbons (Fsp3) is 0.556. The van der Waals surface area contributed by atoms with Gasteiger partial charge in [-0.2, -0.15) is 11.8 Å². The number of anilines is 1. The zero-order valence-corrected chi connectivity index (χ0v) is 10.9. The largest absolute Gasteiger partial charge is 0.372 e. The minimum atomic E-state index is 0.611. The molecule has 0 spiro atoms. The summed E-state index contributed by atoms with van der Waals surface area (Å²) in [5, 5.41) is 3.63. The predicted molar refractivity (Wildman–Crippen MR) is 65.7 cm³/mol. The molecule has 78 valence electrons. The van der Waals surface area contributed by atoms with E-state index < -0.39 is 0 Å². The number of thioether (sulfide) groups is 1. The highest BCUT2D eigenvalue weighted by Gasteiger charge is 2.04. The number of nitrogens with one attached hydrogen (secondary N) is 1. The van der Waals surface area contributed by atoms with Crippen LogP contribution in [0.4, 0.5) is 5.82 Å². The van der Waals surface area contributed by atoms with Crippen molar-refractivity contribution < 1.29 is 0 Å². The zero-order valence-electron chi connectivity index (χ0n) is 8.54. The Morgan fingerprint density at radius 3 is 2.86 bits per heavy atom. The van der Waals surface area contributed by atoms with Crippen LogP contribution in [0.2, 0.25) is 0 Å². The first-order valence-electron chi connectivity index (χ1n) is 4.44. The Labute approximate surface area is 97.2 Å². The molecular weight excluding hydrogens is 262 g/mol. The van der Waals surface area contributed by atoms with E-state index in [0.29, 0.717) is 5.25 Å². The third-order valence-electron chi connectivity index (χ3n) is 1.58. The molecule has 0 saturated carbocycles. The van der Waals surface area contributed by atoms with Crippen LogP contribution in [0, 0.1) is 0 Å². The van der Waals surface area contributed by atoms with Gasteiger partial charge in [0, 0.05) is 13.2 Å². The van der Waals surface area contributed by atoms with Gasteiger partial charge in [-0.15, -0.1) is 0 Å². The molecule has 1 aromatic heterocycles. The molecule has 0 aliphatic heterocycles. The topological polar surface area (TPSA) is 37.8 Å². The lowest BCUT2D eigenvalue weighted by Crippen LogP contribution is -2.00. The van der Waals surface area contributed by atoms with E-state index in [1.54, 1.807) is 6.20 Å². The SMILES string of the molecule is CNc1nc(CSC(C)C)ncc1Br. The maximum atomic E-state index is 4.37. The van der Waals surface area contributed by atoms with Gasteiger partial charge in [0.1, 0.15) is 11.6 Å².